The molecule has 0 aromatic heterocycles. The van der Waals surface area contributed by atoms with Crippen LogP contribution >= 0.6 is 0 Å². The average Bonchev–Trinajstić information content (AvgIpc) is 2.49. The van der Waals surface area contributed by atoms with Crippen molar-refractivity contribution in [1.82, 2.24) is 0 Å². The SMILES string of the molecule is NCCCCCCCCCCCCNc1ccccc1. The van der Waals surface area contributed by atoms with Gasteiger partial charge in [-0.2, -0.15) is 0 Å². The van der Waals surface area contributed by atoms with E-state index in [9.17, 15) is 0 Å². The first-order valence-electron chi connectivity index (χ1n) is 8.42. The second kappa shape index (κ2) is 13.0. The maximum atomic E-state index is 5.48. The second-order valence-corrected chi connectivity index (χ2v) is 5.62. The number of para-hydroxylation sites is 1. The zero-order valence-electron chi connectivity index (χ0n) is 12.9. The normalized spacial score (nSPS) is 10.7. The Balaban J connectivity index is 1.77. The van der Waals surface area contributed by atoms with Gasteiger partial charge in [-0.3, -0.25) is 0 Å². The summed E-state index contributed by atoms with van der Waals surface area (Å²) in [6.45, 7) is 1.96. The molecule has 0 saturated carbocycles. The number of unbranched alkanes of at least 4 members (excludes halogenated alkanes) is 9. The molecule has 1 rings (SSSR count). The number of rotatable bonds is 13. The van der Waals surface area contributed by atoms with Crippen LogP contribution in [0, 0.1) is 0 Å². The Morgan fingerprint density at radius 1 is 0.650 bits per heavy atom. The molecule has 1 aromatic rings. The first kappa shape index (κ1) is 17.0. The molecule has 0 saturated heterocycles. The first-order valence-corrected chi connectivity index (χ1v) is 8.42. The quantitative estimate of drug-likeness (QED) is 0.500. The minimum atomic E-state index is 0.858. The van der Waals surface area contributed by atoms with E-state index in [2.05, 4.69) is 35.6 Å². The fourth-order valence-corrected chi connectivity index (χ4v) is 2.47. The summed E-state index contributed by atoms with van der Waals surface area (Å²) in [6.07, 6.45) is 13.5. The summed E-state index contributed by atoms with van der Waals surface area (Å²) in [5.74, 6) is 0. The van der Waals surface area contributed by atoms with E-state index >= 15 is 0 Å². The minimum absolute atomic E-state index is 0.858. The number of nitrogens with one attached hydrogen (secondary N) is 1. The van der Waals surface area contributed by atoms with E-state index in [-0.39, 0.29) is 0 Å². The van der Waals surface area contributed by atoms with E-state index in [1.54, 1.807) is 0 Å². The monoisotopic (exact) mass is 276 g/mol. The molecular formula is C18H32N2. The van der Waals surface area contributed by atoms with Crippen molar-refractivity contribution < 1.29 is 0 Å². The first-order chi connectivity index (χ1) is 9.93. The standard InChI is InChI=1S/C18H32N2/c19-16-12-7-5-3-1-2-4-6-8-13-17-20-18-14-10-9-11-15-18/h9-11,14-15,20H,1-8,12-13,16-17,19H2. The Morgan fingerprint density at radius 2 is 1.15 bits per heavy atom. The number of hydrogen-bond donors (Lipinski definition) is 2. The fraction of sp³-hybridized carbons (Fsp3) is 0.667. The van der Waals surface area contributed by atoms with E-state index in [0.29, 0.717) is 0 Å². The third-order valence-electron chi connectivity index (χ3n) is 3.73. The Bertz CT molecular complexity index is 298. The van der Waals surface area contributed by atoms with Crippen LogP contribution < -0.4 is 11.1 Å². The summed E-state index contributed by atoms with van der Waals surface area (Å²) in [5, 5.41) is 3.47. The maximum Gasteiger partial charge on any atom is 0.0340 e. The largest absolute Gasteiger partial charge is 0.385 e. The molecule has 0 spiro atoms. The molecule has 0 aliphatic carbocycles. The molecule has 0 aliphatic rings. The Labute approximate surface area is 125 Å². The van der Waals surface area contributed by atoms with Gasteiger partial charge in [-0.1, -0.05) is 69.6 Å². The van der Waals surface area contributed by atoms with Crippen LogP contribution in [-0.2, 0) is 0 Å². The summed E-state index contributed by atoms with van der Waals surface area (Å²) in [5.41, 5.74) is 6.72. The van der Waals surface area contributed by atoms with Crippen LogP contribution in [0.3, 0.4) is 0 Å². The van der Waals surface area contributed by atoms with Crippen molar-refractivity contribution in [3.63, 3.8) is 0 Å². The van der Waals surface area contributed by atoms with Crippen LogP contribution in [0.15, 0.2) is 30.3 Å². The topological polar surface area (TPSA) is 38.0 Å². The Hall–Kier alpha value is -1.02. The maximum absolute atomic E-state index is 5.48. The van der Waals surface area contributed by atoms with Gasteiger partial charge in [0.15, 0.2) is 0 Å². The zero-order valence-corrected chi connectivity index (χ0v) is 12.9. The molecule has 0 fully saturated rings. The molecule has 2 heteroatoms. The van der Waals surface area contributed by atoms with Crippen LogP contribution in [-0.4, -0.2) is 13.1 Å². The van der Waals surface area contributed by atoms with Crippen LogP contribution in [0.1, 0.15) is 64.2 Å². The number of nitrogens with two attached hydrogens (primary N) is 1. The summed E-state index contributed by atoms with van der Waals surface area (Å²) >= 11 is 0. The van der Waals surface area contributed by atoms with Crippen LogP contribution in [0.25, 0.3) is 0 Å². The van der Waals surface area contributed by atoms with Gasteiger partial charge in [-0.25, -0.2) is 0 Å². The highest BCUT2D eigenvalue weighted by Gasteiger charge is 1.93. The van der Waals surface area contributed by atoms with E-state index in [4.69, 9.17) is 5.73 Å². The van der Waals surface area contributed by atoms with Gasteiger partial charge in [-0.05, 0) is 31.5 Å². The third-order valence-corrected chi connectivity index (χ3v) is 3.73. The van der Waals surface area contributed by atoms with Crippen molar-refractivity contribution in [3.05, 3.63) is 30.3 Å². The molecule has 2 nitrogen and oxygen atoms in total. The van der Waals surface area contributed by atoms with E-state index in [1.165, 1.54) is 69.9 Å². The third kappa shape index (κ3) is 9.85. The smallest absolute Gasteiger partial charge is 0.0340 e. The van der Waals surface area contributed by atoms with Crippen molar-refractivity contribution >= 4 is 5.69 Å². The predicted octanol–water partition coefficient (Wildman–Crippen LogP) is 4.96. The highest BCUT2D eigenvalue weighted by atomic mass is 14.9. The second-order valence-electron chi connectivity index (χ2n) is 5.62. The summed E-state index contributed by atoms with van der Waals surface area (Å²) in [6, 6.07) is 10.5. The molecule has 1 aromatic carbocycles. The van der Waals surface area contributed by atoms with Crippen LogP contribution in [0.5, 0.6) is 0 Å². The highest BCUT2D eigenvalue weighted by Crippen LogP contribution is 2.11. The van der Waals surface area contributed by atoms with Gasteiger partial charge >= 0.3 is 0 Å². The lowest BCUT2D eigenvalue weighted by atomic mass is 10.1. The van der Waals surface area contributed by atoms with Gasteiger partial charge in [-0.15, -0.1) is 0 Å². The molecule has 0 unspecified atom stereocenters. The number of anilines is 1. The van der Waals surface area contributed by atoms with E-state index < -0.39 is 0 Å². The highest BCUT2D eigenvalue weighted by molar-refractivity contribution is 5.42. The van der Waals surface area contributed by atoms with Gasteiger partial charge in [0.2, 0.25) is 0 Å². The van der Waals surface area contributed by atoms with Crippen molar-refractivity contribution in [1.29, 1.82) is 0 Å². The number of hydrogen-bond acceptors (Lipinski definition) is 2. The molecule has 114 valence electrons. The molecule has 20 heavy (non-hydrogen) atoms. The van der Waals surface area contributed by atoms with Gasteiger partial charge < -0.3 is 11.1 Å². The number of benzene rings is 1. The van der Waals surface area contributed by atoms with Crippen molar-refractivity contribution in [3.8, 4) is 0 Å². The van der Waals surface area contributed by atoms with Gasteiger partial charge in [0.25, 0.3) is 0 Å². The predicted molar refractivity (Wildman–Crippen MR) is 90.2 cm³/mol. The Morgan fingerprint density at radius 3 is 1.70 bits per heavy atom. The van der Waals surface area contributed by atoms with E-state index in [1.807, 2.05) is 0 Å². The van der Waals surface area contributed by atoms with E-state index in [0.717, 1.165) is 13.1 Å². The lowest BCUT2D eigenvalue weighted by Gasteiger charge is -2.06. The molecule has 0 radical (unpaired) electrons. The molecule has 3 N–H and O–H groups in total. The Kier molecular flexibility index (Phi) is 11.1. The summed E-state index contributed by atoms with van der Waals surface area (Å²) < 4.78 is 0. The fourth-order valence-electron chi connectivity index (χ4n) is 2.47. The molecule has 0 atom stereocenters. The molecule has 0 amide bonds. The lowest BCUT2D eigenvalue weighted by Crippen LogP contribution is -2.00. The van der Waals surface area contributed by atoms with Gasteiger partial charge in [0.05, 0.1) is 0 Å². The lowest BCUT2D eigenvalue weighted by molar-refractivity contribution is 0.556. The molecular weight excluding hydrogens is 244 g/mol. The van der Waals surface area contributed by atoms with Gasteiger partial charge in [0.1, 0.15) is 0 Å². The van der Waals surface area contributed by atoms with Crippen molar-refractivity contribution in [2.45, 2.75) is 64.2 Å². The van der Waals surface area contributed by atoms with Crippen molar-refractivity contribution in [2.75, 3.05) is 18.4 Å². The van der Waals surface area contributed by atoms with Crippen molar-refractivity contribution in [2.24, 2.45) is 5.73 Å². The average molecular weight is 276 g/mol. The minimum Gasteiger partial charge on any atom is -0.385 e. The van der Waals surface area contributed by atoms with Crippen LogP contribution in [0.4, 0.5) is 5.69 Å². The molecule has 0 aliphatic heterocycles. The zero-order chi connectivity index (χ0) is 14.3. The van der Waals surface area contributed by atoms with Gasteiger partial charge in [0, 0.05) is 12.2 Å². The summed E-state index contributed by atoms with van der Waals surface area (Å²) in [7, 11) is 0. The summed E-state index contributed by atoms with van der Waals surface area (Å²) in [4.78, 5) is 0. The van der Waals surface area contributed by atoms with Crippen LogP contribution in [0.2, 0.25) is 0 Å². The molecule has 0 bridgehead atoms. The molecule has 0 heterocycles.